The second kappa shape index (κ2) is 13.8. The van der Waals surface area contributed by atoms with E-state index in [0.29, 0.717) is 11.5 Å². The zero-order valence-corrected chi connectivity index (χ0v) is 32.6. The maximum atomic E-state index is 13.0. The number of thioether (sulfide) groups is 2. The van der Waals surface area contributed by atoms with Crippen molar-refractivity contribution in [3.05, 3.63) is 46.5 Å². The summed E-state index contributed by atoms with van der Waals surface area (Å²) in [6.45, 7) is 29.8. The average molecular weight is 681 g/mol. The Labute approximate surface area is 282 Å². The molecule has 0 saturated heterocycles. The topological polar surface area (TPSA) is 89.9 Å². The van der Waals surface area contributed by atoms with E-state index < -0.39 is 16.1 Å². The molecule has 2 aromatic carbocycles. The van der Waals surface area contributed by atoms with Crippen molar-refractivity contribution < 1.29 is 27.2 Å². The van der Waals surface area contributed by atoms with Crippen LogP contribution in [-0.2, 0) is 40.8 Å². The molecule has 0 fully saturated rings. The van der Waals surface area contributed by atoms with Gasteiger partial charge in [-0.3, -0.25) is 8.98 Å². The van der Waals surface area contributed by atoms with Gasteiger partial charge in [0, 0.05) is 38.5 Å². The Balaban J connectivity index is 2.53. The standard InChI is InChI=1S/C36H56O6S3/c1-32(2,3)25-19-23(20-26(30(25)38)33(4,5)6)43-36(13,14)44-24-21-27(34(7,8)9)31(28(22-24)35(10,11)12)42-29(37)17-16-18-41-45(15,39)40/h19-22,38H,16-18H2,1-15H3. The maximum absolute atomic E-state index is 13.0. The van der Waals surface area contributed by atoms with Crippen molar-refractivity contribution in [1.29, 1.82) is 0 Å². The number of carbonyl (C=O) groups excluding carboxylic acids is 1. The van der Waals surface area contributed by atoms with Crippen LogP contribution < -0.4 is 4.74 Å². The Bertz CT molecular complexity index is 1410. The first-order valence-electron chi connectivity index (χ1n) is 15.5. The molecule has 254 valence electrons. The van der Waals surface area contributed by atoms with Gasteiger partial charge in [-0.15, -0.1) is 23.5 Å². The number of ether oxygens (including phenoxy) is 1. The highest BCUT2D eigenvalue weighted by atomic mass is 32.2. The number of aromatic hydroxyl groups is 1. The Morgan fingerprint density at radius 2 is 1.04 bits per heavy atom. The molecule has 0 spiro atoms. The first-order valence-corrected chi connectivity index (χ1v) is 19.0. The van der Waals surface area contributed by atoms with Crippen LogP contribution in [0.1, 0.15) is 132 Å². The molecule has 6 nitrogen and oxygen atoms in total. The van der Waals surface area contributed by atoms with Crippen LogP contribution in [0.25, 0.3) is 0 Å². The third-order valence-electron chi connectivity index (χ3n) is 7.14. The molecule has 2 rings (SSSR count). The second-order valence-electron chi connectivity index (χ2n) is 16.4. The summed E-state index contributed by atoms with van der Waals surface area (Å²) >= 11 is 3.54. The molecular formula is C36H56O6S3. The van der Waals surface area contributed by atoms with Crippen molar-refractivity contribution in [3.8, 4) is 11.5 Å². The number of phenolic OH excluding ortho intramolecular Hbond substituents is 1. The van der Waals surface area contributed by atoms with E-state index in [4.69, 9.17) is 8.92 Å². The Morgan fingerprint density at radius 3 is 1.38 bits per heavy atom. The van der Waals surface area contributed by atoms with Crippen LogP contribution in [0.15, 0.2) is 34.1 Å². The van der Waals surface area contributed by atoms with Crippen LogP contribution in [0.5, 0.6) is 11.5 Å². The van der Waals surface area contributed by atoms with Crippen molar-refractivity contribution >= 4 is 39.6 Å². The maximum Gasteiger partial charge on any atom is 0.311 e. The molecule has 0 unspecified atom stereocenters. The van der Waals surface area contributed by atoms with Crippen molar-refractivity contribution in [1.82, 2.24) is 0 Å². The fourth-order valence-corrected chi connectivity index (χ4v) is 7.88. The van der Waals surface area contributed by atoms with Gasteiger partial charge in [0.2, 0.25) is 0 Å². The van der Waals surface area contributed by atoms with Crippen molar-refractivity contribution in [2.45, 2.75) is 145 Å². The van der Waals surface area contributed by atoms with E-state index in [1.807, 2.05) is 0 Å². The van der Waals surface area contributed by atoms with Gasteiger partial charge in [0.25, 0.3) is 10.1 Å². The minimum absolute atomic E-state index is 0.0442. The third-order valence-corrected chi connectivity index (χ3v) is 10.2. The van der Waals surface area contributed by atoms with Crippen LogP contribution in [-0.4, -0.2) is 36.4 Å². The molecule has 0 bridgehead atoms. The number of esters is 1. The zero-order chi connectivity index (χ0) is 35.0. The molecule has 0 saturated carbocycles. The molecular weight excluding hydrogens is 625 g/mol. The van der Waals surface area contributed by atoms with E-state index >= 15 is 0 Å². The predicted octanol–water partition coefficient (Wildman–Crippen LogP) is 9.86. The molecule has 0 aliphatic heterocycles. The van der Waals surface area contributed by atoms with Crippen LogP contribution >= 0.6 is 23.5 Å². The summed E-state index contributed by atoms with van der Waals surface area (Å²) in [5, 5.41) is 11.2. The minimum atomic E-state index is -3.56. The second-order valence-corrected chi connectivity index (χ2v) is 21.7. The highest BCUT2D eigenvalue weighted by Gasteiger charge is 2.32. The van der Waals surface area contributed by atoms with E-state index in [-0.39, 0.29) is 45.2 Å². The molecule has 0 aliphatic carbocycles. The number of carbonyl (C=O) groups is 1. The zero-order valence-electron chi connectivity index (χ0n) is 30.1. The lowest BCUT2D eigenvalue weighted by atomic mass is 9.79. The molecule has 2 aromatic rings. The summed E-state index contributed by atoms with van der Waals surface area (Å²) in [6, 6.07) is 8.52. The van der Waals surface area contributed by atoms with Gasteiger partial charge in [0.1, 0.15) is 11.5 Å². The first-order chi connectivity index (χ1) is 20.0. The van der Waals surface area contributed by atoms with Crippen LogP contribution in [0.2, 0.25) is 0 Å². The van der Waals surface area contributed by atoms with Crippen LogP contribution in [0.3, 0.4) is 0 Å². The summed E-state index contributed by atoms with van der Waals surface area (Å²) in [5.41, 5.74) is 2.70. The molecule has 0 aliphatic rings. The van der Waals surface area contributed by atoms with Gasteiger partial charge in [0.05, 0.1) is 16.9 Å². The van der Waals surface area contributed by atoms with Gasteiger partial charge in [-0.25, -0.2) is 0 Å². The molecule has 9 heteroatoms. The SMILES string of the molecule is CC(C)(Sc1cc(C(C)(C)C)c(O)c(C(C)(C)C)c1)Sc1cc(C(C)(C)C)c(OC(=O)CCCOS(C)(=O)=O)c(C(C)(C)C)c1. The molecule has 45 heavy (non-hydrogen) atoms. The van der Waals surface area contributed by atoms with Gasteiger partial charge in [0.15, 0.2) is 0 Å². The van der Waals surface area contributed by atoms with Gasteiger partial charge < -0.3 is 9.84 Å². The highest BCUT2D eigenvalue weighted by Crippen LogP contribution is 2.51. The highest BCUT2D eigenvalue weighted by molar-refractivity contribution is 8.18. The van der Waals surface area contributed by atoms with E-state index in [1.165, 1.54) is 0 Å². The number of hydrogen-bond donors (Lipinski definition) is 1. The van der Waals surface area contributed by atoms with Crippen molar-refractivity contribution in [2.75, 3.05) is 12.9 Å². The van der Waals surface area contributed by atoms with Crippen LogP contribution in [0.4, 0.5) is 0 Å². The number of phenols is 1. The molecule has 1 N–H and O–H groups in total. The van der Waals surface area contributed by atoms with E-state index in [0.717, 1.165) is 38.3 Å². The summed E-state index contributed by atoms with van der Waals surface area (Å²) in [7, 11) is -3.56. The van der Waals surface area contributed by atoms with Crippen molar-refractivity contribution in [2.24, 2.45) is 0 Å². The summed E-state index contributed by atoms with van der Waals surface area (Å²) in [5.74, 6) is 0.528. The van der Waals surface area contributed by atoms with E-state index in [1.54, 1.807) is 23.5 Å². The van der Waals surface area contributed by atoms with Gasteiger partial charge in [-0.2, -0.15) is 8.42 Å². The van der Waals surface area contributed by atoms with Gasteiger partial charge >= 0.3 is 5.97 Å². The van der Waals surface area contributed by atoms with Gasteiger partial charge in [-0.05, 0) is 66.2 Å². The number of rotatable bonds is 10. The molecule has 0 atom stereocenters. The molecule has 0 heterocycles. The Morgan fingerprint density at radius 1 is 0.689 bits per heavy atom. The lowest BCUT2D eigenvalue weighted by molar-refractivity contribution is -0.134. The monoisotopic (exact) mass is 680 g/mol. The van der Waals surface area contributed by atoms with E-state index in [2.05, 4.69) is 121 Å². The lowest BCUT2D eigenvalue weighted by Gasteiger charge is -2.32. The molecule has 0 aromatic heterocycles. The van der Waals surface area contributed by atoms with Gasteiger partial charge in [-0.1, -0.05) is 83.1 Å². The third kappa shape index (κ3) is 11.8. The predicted molar refractivity (Wildman–Crippen MR) is 191 cm³/mol. The Kier molecular flexibility index (Phi) is 12.1. The average Bonchev–Trinajstić information content (AvgIpc) is 2.79. The molecule has 0 amide bonds. The number of hydrogen-bond acceptors (Lipinski definition) is 8. The largest absolute Gasteiger partial charge is 0.507 e. The smallest absolute Gasteiger partial charge is 0.311 e. The quantitative estimate of drug-likeness (QED) is 0.0663. The molecule has 0 radical (unpaired) electrons. The lowest BCUT2D eigenvalue weighted by Crippen LogP contribution is -2.22. The fourth-order valence-electron chi connectivity index (χ4n) is 4.88. The summed E-state index contributed by atoms with van der Waals surface area (Å²) < 4.78 is 33.1. The number of benzene rings is 2. The summed E-state index contributed by atoms with van der Waals surface area (Å²) in [6.07, 6.45) is 1.28. The van der Waals surface area contributed by atoms with Crippen molar-refractivity contribution in [3.63, 3.8) is 0 Å². The van der Waals surface area contributed by atoms with E-state index in [9.17, 15) is 18.3 Å². The first kappa shape index (κ1) is 39.5. The summed E-state index contributed by atoms with van der Waals surface area (Å²) in [4.78, 5) is 15.2. The normalized spacial score (nSPS) is 13.7. The minimum Gasteiger partial charge on any atom is -0.507 e. The van der Waals surface area contributed by atoms with Crippen LogP contribution in [0, 0.1) is 0 Å². The Hall–Kier alpha value is -1.68. The fraction of sp³-hybridized carbons (Fsp3) is 0.639.